The molecule has 0 aliphatic carbocycles. The first-order valence-corrected chi connectivity index (χ1v) is 9.24. The molecule has 2 aromatic rings. The lowest BCUT2D eigenvalue weighted by atomic mass is 9.87. The van der Waals surface area contributed by atoms with E-state index in [2.05, 4.69) is 20.8 Å². The molecule has 1 aliphatic rings. The fourth-order valence-electron chi connectivity index (χ4n) is 2.77. The molecule has 1 aliphatic heterocycles. The standard InChI is InChI=1S/C18H20N2O4S/c1-18(2,3)12-5-7-13(8-6-12)20-17(22)19(4)15-11-14(21)9-10-16(15)25(20,23)24/h5-11,21H,1-4H3. The predicted octanol–water partition coefficient (Wildman–Crippen LogP) is 3.45. The van der Waals surface area contributed by atoms with Crippen LogP contribution in [0.15, 0.2) is 47.4 Å². The Morgan fingerprint density at radius 1 is 1.00 bits per heavy atom. The average Bonchev–Trinajstić information content (AvgIpc) is 2.52. The van der Waals surface area contributed by atoms with Gasteiger partial charge in [0.15, 0.2) is 0 Å². The topological polar surface area (TPSA) is 77.9 Å². The number of aromatic hydroxyl groups is 1. The first kappa shape index (κ1) is 17.3. The zero-order valence-corrected chi connectivity index (χ0v) is 15.3. The maximum Gasteiger partial charge on any atom is 0.342 e. The Balaban J connectivity index is 2.14. The number of benzene rings is 2. The zero-order chi connectivity index (χ0) is 18.6. The molecule has 0 spiro atoms. The van der Waals surface area contributed by atoms with Gasteiger partial charge in [-0.15, -0.1) is 0 Å². The molecule has 1 heterocycles. The molecule has 0 unspecified atom stereocenters. The van der Waals surface area contributed by atoms with Crippen molar-refractivity contribution in [2.75, 3.05) is 16.3 Å². The van der Waals surface area contributed by atoms with Gasteiger partial charge in [-0.3, -0.25) is 4.90 Å². The Morgan fingerprint density at radius 2 is 1.60 bits per heavy atom. The minimum absolute atomic E-state index is 0.0210. The van der Waals surface area contributed by atoms with Crippen LogP contribution in [0.2, 0.25) is 0 Å². The highest BCUT2D eigenvalue weighted by Gasteiger charge is 2.41. The second-order valence-corrected chi connectivity index (χ2v) is 8.82. The summed E-state index contributed by atoms with van der Waals surface area (Å²) in [7, 11) is -2.57. The fourth-order valence-corrected chi connectivity index (χ4v) is 4.40. The largest absolute Gasteiger partial charge is 0.508 e. The molecule has 0 atom stereocenters. The van der Waals surface area contributed by atoms with Gasteiger partial charge in [0.1, 0.15) is 10.6 Å². The quantitative estimate of drug-likeness (QED) is 0.845. The summed E-state index contributed by atoms with van der Waals surface area (Å²) in [4.78, 5) is 13.9. The number of amides is 2. The third kappa shape index (κ3) is 2.74. The molecule has 0 aromatic heterocycles. The highest BCUT2D eigenvalue weighted by atomic mass is 32.2. The molecule has 2 aromatic carbocycles. The van der Waals surface area contributed by atoms with Gasteiger partial charge < -0.3 is 5.11 Å². The van der Waals surface area contributed by atoms with Gasteiger partial charge in [0.05, 0.1) is 11.4 Å². The third-order valence-corrected chi connectivity index (χ3v) is 6.00. The summed E-state index contributed by atoms with van der Waals surface area (Å²) in [6.07, 6.45) is 0. The first-order valence-electron chi connectivity index (χ1n) is 7.80. The molecule has 6 nitrogen and oxygen atoms in total. The normalized spacial score (nSPS) is 16.7. The van der Waals surface area contributed by atoms with Crippen LogP contribution < -0.4 is 9.21 Å². The molecule has 1 N–H and O–H groups in total. The van der Waals surface area contributed by atoms with Gasteiger partial charge >= 0.3 is 6.03 Å². The van der Waals surface area contributed by atoms with E-state index in [1.165, 1.54) is 30.1 Å². The van der Waals surface area contributed by atoms with E-state index < -0.39 is 16.1 Å². The van der Waals surface area contributed by atoms with E-state index in [0.29, 0.717) is 0 Å². The Bertz CT molecular complexity index is 944. The minimum Gasteiger partial charge on any atom is -0.508 e. The Hall–Kier alpha value is -2.54. The predicted molar refractivity (Wildman–Crippen MR) is 96.7 cm³/mol. The molecule has 7 heteroatoms. The number of hydrogen-bond acceptors (Lipinski definition) is 4. The first-order chi connectivity index (χ1) is 11.5. The second-order valence-electron chi connectivity index (χ2n) is 7.06. The number of sulfonamides is 1. The van der Waals surface area contributed by atoms with Crippen LogP contribution in [0, 0.1) is 0 Å². The number of anilines is 2. The summed E-state index contributed by atoms with van der Waals surface area (Å²) in [6, 6.07) is 10.1. The van der Waals surface area contributed by atoms with Crippen LogP contribution in [-0.2, 0) is 15.4 Å². The monoisotopic (exact) mass is 360 g/mol. The maximum atomic E-state index is 13.0. The van der Waals surface area contributed by atoms with Gasteiger partial charge in [-0.2, -0.15) is 4.31 Å². The zero-order valence-electron chi connectivity index (χ0n) is 14.5. The lowest BCUT2D eigenvalue weighted by Crippen LogP contribution is -2.49. The van der Waals surface area contributed by atoms with Crippen LogP contribution in [-0.4, -0.2) is 26.6 Å². The molecule has 2 amide bonds. The number of phenolic OH excluding ortho intramolecular Hbond substituents is 1. The molecule has 0 radical (unpaired) electrons. The van der Waals surface area contributed by atoms with Crippen molar-refractivity contribution in [3.05, 3.63) is 48.0 Å². The minimum atomic E-state index is -4.05. The van der Waals surface area contributed by atoms with Crippen LogP contribution in [0.4, 0.5) is 16.2 Å². The summed E-state index contributed by atoms with van der Waals surface area (Å²) < 4.78 is 26.7. The van der Waals surface area contributed by atoms with Crippen molar-refractivity contribution in [3.63, 3.8) is 0 Å². The number of fused-ring (bicyclic) bond motifs is 1. The van der Waals surface area contributed by atoms with Crippen LogP contribution >= 0.6 is 0 Å². The number of hydrogen-bond donors (Lipinski definition) is 1. The van der Waals surface area contributed by atoms with Crippen molar-refractivity contribution < 1.29 is 18.3 Å². The summed E-state index contributed by atoms with van der Waals surface area (Å²) >= 11 is 0. The molecule has 0 fully saturated rings. The van der Waals surface area contributed by atoms with Crippen molar-refractivity contribution in [1.82, 2.24) is 0 Å². The van der Waals surface area contributed by atoms with E-state index in [1.807, 2.05) is 12.1 Å². The fraction of sp³-hybridized carbons (Fsp3) is 0.278. The average molecular weight is 360 g/mol. The third-order valence-electron chi connectivity index (χ3n) is 4.25. The molecule has 0 bridgehead atoms. The van der Waals surface area contributed by atoms with Gasteiger partial charge in [0.2, 0.25) is 0 Å². The number of carbonyl (C=O) groups is 1. The maximum absolute atomic E-state index is 13.0. The van der Waals surface area contributed by atoms with Crippen molar-refractivity contribution in [1.29, 1.82) is 0 Å². The van der Waals surface area contributed by atoms with E-state index in [4.69, 9.17) is 0 Å². The van der Waals surface area contributed by atoms with Crippen molar-refractivity contribution in [2.45, 2.75) is 31.1 Å². The SMILES string of the molecule is CN1C(=O)N(c2ccc(C(C)(C)C)cc2)S(=O)(=O)c2ccc(O)cc21. The molecular weight excluding hydrogens is 340 g/mol. The van der Waals surface area contributed by atoms with E-state index in [0.717, 1.165) is 9.87 Å². The Morgan fingerprint density at radius 3 is 2.16 bits per heavy atom. The number of urea groups is 1. The highest BCUT2D eigenvalue weighted by Crippen LogP contribution is 2.38. The molecule has 25 heavy (non-hydrogen) atoms. The van der Waals surface area contributed by atoms with E-state index in [1.54, 1.807) is 12.1 Å². The van der Waals surface area contributed by atoms with Crippen LogP contribution in [0.1, 0.15) is 26.3 Å². The number of rotatable bonds is 1. The number of carbonyl (C=O) groups excluding carboxylic acids is 1. The second kappa shape index (κ2) is 5.49. The summed E-state index contributed by atoms with van der Waals surface area (Å²) in [5.74, 6) is -0.100. The van der Waals surface area contributed by atoms with Crippen LogP contribution in [0.25, 0.3) is 0 Å². The van der Waals surface area contributed by atoms with Gasteiger partial charge in [0, 0.05) is 13.1 Å². The lowest BCUT2D eigenvalue weighted by molar-refractivity contribution is 0.255. The molecule has 3 rings (SSSR count). The van der Waals surface area contributed by atoms with Gasteiger partial charge in [0.25, 0.3) is 10.0 Å². The van der Waals surface area contributed by atoms with E-state index in [9.17, 15) is 18.3 Å². The Kier molecular flexibility index (Phi) is 3.79. The summed E-state index contributed by atoms with van der Waals surface area (Å²) in [5.41, 5.74) is 1.40. The van der Waals surface area contributed by atoms with Crippen LogP contribution in [0.5, 0.6) is 5.75 Å². The summed E-state index contributed by atoms with van der Waals surface area (Å²) in [6.45, 7) is 6.17. The molecule has 0 saturated heterocycles. The van der Waals surface area contributed by atoms with Crippen molar-refractivity contribution in [2.24, 2.45) is 0 Å². The van der Waals surface area contributed by atoms with Crippen molar-refractivity contribution >= 4 is 27.4 Å². The van der Waals surface area contributed by atoms with E-state index >= 15 is 0 Å². The van der Waals surface area contributed by atoms with E-state index in [-0.39, 0.29) is 27.4 Å². The van der Waals surface area contributed by atoms with Gasteiger partial charge in [-0.25, -0.2) is 13.2 Å². The summed E-state index contributed by atoms with van der Waals surface area (Å²) in [5, 5.41) is 9.61. The molecular formula is C18H20N2O4S. The molecule has 0 saturated carbocycles. The lowest BCUT2D eigenvalue weighted by Gasteiger charge is -2.34. The Labute approximate surface area is 147 Å². The van der Waals surface area contributed by atoms with Gasteiger partial charge in [-0.05, 0) is 35.2 Å². The van der Waals surface area contributed by atoms with Crippen LogP contribution in [0.3, 0.4) is 0 Å². The van der Waals surface area contributed by atoms with Crippen molar-refractivity contribution in [3.8, 4) is 5.75 Å². The van der Waals surface area contributed by atoms with Gasteiger partial charge in [-0.1, -0.05) is 32.9 Å². The molecule has 132 valence electrons. The number of nitrogens with zero attached hydrogens (tertiary/aromatic N) is 2. The highest BCUT2D eigenvalue weighted by molar-refractivity contribution is 7.94. The smallest absolute Gasteiger partial charge is 0.342 e. The number of phenols is 1.